The lowest BCUT2D eigenvalue weighted by Gasteiger charge is -2.46. The number of carboxylic acids is 1. The van der Waals surface area contributed by atoms with Gasteiger partial charge in [-0.15, -0.1) is 0 Å². The Morgan fingerprint density at radius 1 is 1.16 bits per heavy atom. The lowest BCUT2D eigenvalue weighted by molar-refractivity contribution is -0.150. The summed E-state index contributed by atoms with van der Waals surface area (Å²) in [5, 5.41) is 14.0. The molecule has 1 spiro atoms. The highest BCUT2D eigenvalue weighted by Gasteiger charge is 2.51. The van der Waals surface area contributed by atoms with Gasteiger partial charge < -0.3 is 19.6 Å². The summed E-state index contributed by atoms with van der Waals surface area (Å²) in [5.74, 6) is 1.94. The van der Waals surface area contributed by atoms with Gasteiger partial charge in [-0.2, -0.15) is 0 Å². The van der Waals surface area contributed by atoms with Crippen molar-refractivity contribution in [3.8, 4) is 16.9 Å². The first-order valence-corrected chi connectivity index (χ1v) is 13.7. The number of hydrogen-bond acceptors (Lipinski definition) is 6. The largest absolute Gasteiger partial charge is 0.493 e. The van der Waals surface area contributed by atoms with Crippen LogP contribution < -0.4 is 4.74 Å². The van der Waals surface area contributed by atoms with Crippen LogP contribution in [0.25, 0.3) is 11.1 Å². The molecule has 0 atom stereocenters. The summed E-state index contributed by atoms with van der Waals surface area (Å²) in [6.45, 7) is 8.48. The van der Waals surface area contributed by atoms with Gasteiger partial charge in [-0.3, -0.25) is 9.69 Å². The molecular weight excluding hydrogens is 466 g/mol. The third-order valence-corrected chi connectivity index (χ3v) is 8.60. The van der Waals surface area contributed by atoms with E-state index in [9.17, 15) is 9.90 Å². The van der Waals surface area contributed by atoms with Crippen LogP contribution in [0.3, 0.4) is 0 Å². The van der Waals surface area contributed by atoms with Crippen molar-refractivity contribution in [2.24, 2.45) is 10.6 Å². The third-order valence-electron chi connectivity index (χ3n) is 8.60. The van der Waals surface area contributed by atoms with Gasteiger partial charge in [-0.1, -0.05) is 41.6 Å². The first-order valence-electron chi connectivity index (χ1n) is 13.7. The second kappa shape index (κ2) is 9.35. The summed E-state index contributed by atoms with van der Waals surface area (Å²) < 4.78 is 6.27. The second-order valence-corrected chi connectivity index (χ2v) is 11.6. The third kappa shape index (κ3) is 4.70. The second-order valence-electron chi connectivity index (χ2n) is 11.6. The summed E-state index contributed by atoms with van der Waals surface area (Å²) in [7, 11) is 0. The van der Waals surface area contributed by atoms with Gasteiger partial charge >= 0.3 is 5.97 Å². The fourth-order valence-electron chi connectivity index (χ4n) is 6.07. The normalized spacial score (nSPS) is 22.3. The highest BCUT2D eigenvalue weighted by Crippen LogP contribution is 2.46. The lowest BCUT2D eigenvalue weighted by Crippen LogP contribution is -2.61. The standard InChI is InChI=1S/C30H37N3O4/c1-3-36-27-24(15-23(21-9-10-21)16-25(27)22-7-5-4-6-8-22)18-32-19-30(20-32)17-26(31-37-30)33-13-11-29(2,12-14-33)28(34)35/h4-8,15-16,21H,3,9-14,17-20H2,1-2H3,(H,34,35). The van der Waals surface area contributed by atoms with E-state index in [1.807, 2.05) is 6.92 Å². The van der Waals surface area contributed by atoms with Crippen LogP contribution in [-0.4, -0.2) is 65.1 Å². The Morgan fingerprint density at radius 2 is 1.89 bits per heavy atom. The van der Waals surface area contributed by atoms with Gasteiger partial charge in [0.25, 0.3) is 0 Å². The van der Waals surface area contributed by atoms with E-state index in [1.54, 1.807) is 0 Å². The molecule has 1 N–H and O–H groups in total. The Bertz CT molecular complexity index is 1190. The number of amidine groups is 1. The molecule has 2 aromatic rings. The van der Waals surface area contributed by atoms with Crippen LogP contribution in [0.4, 0.5) is 0 Å². The monoisotopic (exact) mass is 503 g/mol. The van der Waals surface area contributed by atoms with E-state index in [1.165, 1.54) is 35.1 Å². The maximum Gasteiger partial charge on any atom is 0.309 e. The molecule has 0 unspecified atom stereocenters. The number of likely N-dealkylation sites (tertiary alicyclic amines) is 2. The van der Waals surface area contributed by atoms with E-state index in [2.05, 4.69) is 64.3 Å². The van der Waals surface area contributed by atoms with Crippen LogP contribution in [0.5, 0.6) is 5.75 Å². The first-order chi connectivity index (χ1) is 17.9. The van der Waals surface area contributed by atoms with Crippen LogP contribution in [-0.2, 0) is 16.2 Å². The zero-order valence-corrected chi connectivity index (χ0v) is 21.9. The van der Waals surface area contributed by atoms with Gasteiger partial charge in [-0.05, 0) is 62.6 Å². The molecule has 6 rings (SSSR count). The van der Waals surface area contributed by atoms with E-state index in [4.69, 9.17) is 9.57 Å². The van der Waals surface area contributed by atoms with Gasteiger partial charge in [0.1, 0.15) is 11.6 Å². The predicted octanol–water partition coefficient (Wildman–Crippen LogP) is 5.10. The molecular formula is C30H37N3O4. The van der Waals surface area contributed by atoms with Crippen molar-refractivity contribution >= 4 is 11.8 Å². The SMILES string of the molecule is CCOc1c(CN2CC3(CC(N4CCC(C)(C(=O)O)CC4)=NO3)C2)cc(C2CC2)cc1-c1ccccc1. The van der Waals surface area contributed by atoms with Crippen molar-refractivity contribution in [2.45, 2.75) is 64.0 Å². The summed E-state index contributed by atoms with van der Waals surface area (Å²) in [4.78, 5) is 22.3. The van der Waals surface area contributed by atoms with E-state index in [0.29, 0.717) is 25.4 Å². The number of hydrogen-bond donors (Lipinski definition) is 1. The maximum absolute atomic E-state index is 11.6. The Labute approximate surface area is 219 Å². The average Bonchev–Trinajstić information content (AvgIpc) is 3.64. The van der Waals surface area contributed by atoms with Gasteiger partial charge in [-0.25, -0.2) is 0 Å². The molecule has 196 valence electrons. The van der Waals surface area contributed by atoms with E-state index in [-0.39, 0.29) is 5.60 Å². The molecule has 7 nitrogen and oxygen atoms in total. The summed E-state index contributed by atoms with van der Waals surface area (Å²) in [6, 6.07) is 15.3. The zero-order chi connectivity index (χ0) is 25.6. The molecule has 3 fully saturated rings. The van der Waals surface area contributed by atoms with Crippen LogP contribution in [0.15, 0.2) is 47.6 Å². The Morgan fingerprint density at radius 3 is 2.54 bits per heavy atom. The molecule has 2 aromatic carbocycles. The number of benzene rings is 2. The molecule has 1 saturated carbocycles. The molecule has 7 heteroatoms. The minimum absolute atomic E-state index is 0.259. The Kier molecular flexibility index (Phi) is 6.14. The fourth-order valence-corrected chi connectivity index (χ4v) is 6.07. The smallest absolute Gasteiger partial charge is 0.309 e. The van der Waals surface area contributed by atoms with Crippen molar-refractivity contribution in [2.75, 3.05) is 32.8 Å². The van der Waals surface area contributed by atoms with Crippen molar-refractivity contribution in [1.82, 2.24) is 9.80 Å². The summed E-state index contributed by atoms with van der Waals surface area (Å²) >= 11 is 0. The van der Waals surface area contributed by atoms with Gasteiger partial charge in [0.05, 0.1) is 18.4 Å². The van der Waals surface area contributed by atoms with Crippen LogP contribution in [0, 0.1) is 5.41 Å². The predicted molar refractivity (Wildman–Crippen MR) is 143 cm³/mol. The van der Waals surface area contributed by atoms with Gasteiger partial charge in [0, 0.05) is 43.9 Å². The van der Waals surface area contributed by atoms with E-state index >= 15 is 0 Å². The molecule has 0 bridgehead atoms. The number of carboxylic acid groups (broad SMARTS) is 1. The Balaban J connectivity index is 1.14. The topological polar surface area (TPSA) is 74.6 Å². The number of oxime groups is 1. The van der Waals surface area contributed by atoms with Crippen LogP contribution >= 0.6 is 0 Å². The van der Waals surface area contributed by atoms with Gasteiger partial charge in [0.2, 0.25) is 0 Å². The number of carbonyl (C=O) groups is 1. The van der Waals surface area contributed by atoms with Crippen molar-refractivity contribution in [3.63, 3.8) is 0 Å². The molecule has 3 aliphatic heterocycles. The van der Waals surface area contributed by atoms with Crippen LogP contribution in [0.1, 0.15) is 63.0 Å². The van der Waals surface area contributed by atoms with Crippen LogP contribution in [0.2, 0.25) is 0 Å². The molecule has 2 saturated heterocycles. The lowest BCUT2D eigenvalue weighted by atomic mass is 9.80. The molecule has 1 aliphatic carbocycles. The molecule has 0 aromatic heterocycles. The number of nitrogens with zero attached hydrogens (tertiary/aromatic N) is 3. The molecule has 37 heavy (non-hydrogen) atoms. The average molecular weight is 504 g/mol. The molecule has 0 radical (unpaired) electrons. The van der Waals surface area contributed by atoms with Crippen molar-refractivity contribution in [1.29, 1.82) is 0 Å². The molecule has 0 amide bonds. The fraction of sp³-hybridized carbons (Fsp3) is 0.533. The maximum atomic E-state index is 11.6. The van der Waals surface area contributed by atoms with E-state index < -0.39 is 11.4 Å². The number of rotatable bonds is 7. The Hall–Kier alpha value is -3.06. The molecule has 3 heterocycles. The molecule has 4 aliphatic rings. The first kappa shape index (κ1) is 24.3. The minimum Gasteiger partial charge on any atom is -0.493 e. The van der Waals surface area contributed by atoms with Gasteiger partial charge in [0.15, 0.2) is 5.60 Å². The highest BCUT2D eigenvalue weighted by molar-refractivity contribution is 5.85. The highest BCUT2D eigenvalue weighted by atomic mass is 16.7. The minimum atomic E-state index is -0.699. The summed E-state index contributed by atoms with van der Waals surface area (Å²) in [6.07, 6.45) is 4.61. The number of piperidine rings is 1. The quantitative estimate of drug-likeness (QED) is 0.566. The number of ether oxygens (including phenoxy) is 1. The van der Waals surface area contributed by atoms with E-state index in [0.717, 1.165) is 50.7 Å². The van der Waals surface area contributed by atoms with Crippen molar-refractivity contribution in [3.05, 3.63) is 53.6 Å². The zero-order valence-electron chi connectivity index (χ0n) is 21.9. The van der Waals surface area contributed by atoms with Crippen molar-refractivity contribution < 1.29 is 19.5 Å². The summed E-state index contributed by atoms with van der Waals surface area (Å²) in [5.41, 5.74) is 4.18. The number of aliphatic carboxylic acids is 1.